The number of hydrogen-bond acceptors (Lipinski definition) is 3. The van der Waals surface area contributed by atoms with E-state index in [-0.39, 0.29) is 6.04 Å². The zero-order valence-corrected chi connectivity index (χ0v) is 11.8. The Morgan fingerprint density at radius 3 is 2.89 bits per heavy atom. The molecule has 0 radical (unpaired) electrons. The Morgan fingerprint density at radius 1 is 1.50 bits per heavy atom. The Balaban J connectivity index is 2.41. The van der Waals surface area contributed by atoms with Crippen LogP contribution in [0.15, 0.2) is 29.4 Å². The van der Waals surface area contributed by atoms with Gasteiger partial charge in [-0.2, -0.15) is 5.10 Å². The molecule has 0 spiro atoms. The first-order valence-electron chi connectivity index (χ1n) is 5.77. The van der Waals surface area contributed by atoms with E-state index in [9.17, 15) is 0 Å². The van der Waals surface area contributed by atoms with Crippen LogP contribution >= 0.6 is 12.2 Å². The van der Waals surface area contributed by atoms with Crippen LogP contribution in [-0.4, -0.2) is 31.1 Å². The molecule has 0 saturated carbocycles. The van der Waals surface area contributed by atoms with Crippen LogP contribution in [0.1, 0.15) is 18.1 Å². The fourth-order valence-corrected chi connectivity index (χ4v) is 1.69. The summed E-state index contributed by atoms with van der Waals surface area (Å²) in [6, 6.07) is 8.18. The Hall–Kier alpha value is -1.46. The third-order valence-electron chi connectivity index (χ3n) is 2.35. The van der Waals surface area contributed by atoms with Crippen molar-refractivity contribution in [3.8, 4) is 0 Å². The van der Waals surface area contributed by atoms with Gasteiger partial charge in [0.1, 0.15) is 0 Å². The van der Waals surface area contributed by atoms with E-state index in [0.29, 0.717) is 11.7 Å². The molecule has 0 heterocycles. The van der Waals surface area contributed by atoms with E-state index in [2.05, 4.69) is 15.8 Å². The minimum absolute atomic E-state index is 0.156. The molecule has 1 atom stereocenters. The fraction of sp³-hybridized carbons (Fsp3) is 0.385. The first kappa shape index (κ1) is 14.6. The number of rotatable bonds is 5. The molecule has 1 rings (SSSR count). The Kier molecular flexibility index (Phi) is 6.32. The lowest BCUT2D eigenvalue weighted by Gasteiger charge is -2.13. The maximum Gasteiger partial charge on any atom is 0.187 e. The number of benzene rings is 1. The van der Waals surface area contributed by atoms with Crippen molar-refractivity contribution in [1.29, 1.82) is 0 Å². The van der Waals surface area contributed by atoms with Gasteiger partial charge < -0.3 is 10.1 Å². The Labute approximate surface area is 113 Å². The molecule has 4 nitrogen and oxygen atoms in total. The van der Waals surface area contributed by atoms with Crippen LogP contribution in [0, 0.1) is 6.92 Å². The first-order chi connectivity index (χ1) is 8.63. The number of ether oxygens (including phenoxy) is 1. The molecule has 5 heteroatoms. The minimum atomic E-state index is 0.156. The predicted molar refractivity (Wildman–Crippen MR) is 79.0 cm³/mol. The van der Waals surface area contributed by atoms with Crippen molar-refractivity contribution >= 4 is 23.5 Å². The fourth-order valence-electron chi connectivity index (χ4n) is 1.44. The number of nitrogens with one attached hydrogen (secondary N) is 2. The molecule has 0 aliphatic rings. The summed E-state index contributed by atoms with van der Waals surface area (Å²) in [5, 5.41) is 7.65. The highest BCUT2D eigenvalue weighted by molar-refractivity contribution is 7.80. The summed E-state index contributed by atoms with van der Waals surface area (Å²) in [5.74, 6) is 0. The molecule has 0 fully saturated rings. The molecule has 0 amide bonds. The second-order valence-electron chi connectivity index (χ2n) is 4.06. The normalized spacial score (nSPS) is 12.4. The largest absolute Gasteiger partial charge is 0.383 e. The van der Waals surface area contributed by atoms with Gasteiger partial charge in [-0.25, -0.2) is 0 Å². The van der Waals surface area contributed by atoms with Gasteiger partial charge in [0.05, 0.1) is 12.8 Å². The number of hydrazone groups is 1. The van der Waals surface area contributed by atoms with Crippen LogP contribution in [0.2, 0.25) is 0 Å². The molecule has 0 aliphatic carbocycles. The monoisotopic (exact) mass is 265 g/mol. The Morgan fingerprint density at radius 2 is 2.22 bits per heavy atom. The summed E-state index contributed by atoms with van der Waals surface area (Å²) in [4.78, 5) is 0. The highest BCUT2D eigenvalue weighted by Crippen LogP contribution is 2.02. The second kappa shape index (κ2) is 7.79. The van der Waals surface area contributed by atoms with E-state index in [4.69, 9.17) is 17.0 Å². The van der Waals surface area contributed by atoms with E-state index >= 15 is 0 Å². The highest BCUT2D eigenvalue weighted by Gasteiger charge is 2.01. The van der Waals surface area contributed by atoms with Gasteiger partial charge in [-0.05, 0) is 37.2 Å². The number of thiocarbonyl (C=S) groups is 1. The zero-order valence-electron chi connectivity index (χ0n) is 10.9. The van der Waals surface area contributed by atoms with Crippen LogP contribution in [0.4, 0.5) is 0 Å². The van der Waals surface area contributed by atoms with Gasteiger partial charge in [0.25, 0.3) is 0 Å². The lowest BCUT2D eigenvalue weighted by molar-refractivity contribution is 0.179. The van der Waals surface area contributed by atoms with Gasteiger partial charge in [-0.15, -0.1) is 0 Å². The van der Waals surface area contributed by atoms with Gasteiger partial charge in [0.15, 0.2) is 5.11 Å². The predicted octanol–water partition coefficient (Wildman–Crippen LogP) is 1.83. The smallest absolute Gasteiger partial charge is 0.187 e. The molecular weight excluding hydrogens is 246 g/mol. The van der Waals surface area contributed by atoms with Gasteiger partial charge in [0, 0.05) is 13.2 Å². The SMILES string of the molecule is COC[C@@H](C)NC(=S)N/N=C\c1ccccc1C. The van der Waals surface area contributed by atoms with Crippen LogP contribution in [0.25, 0.3) is 0 Å². The molecular formula is C13H19N3OS. The van der Waals surface area contributed by atoms with Crippen LogP contribution in [0.3, 0.4) is 0 Å². The van der Waals surface area contributed by atoms with Crippen molar-refractivity contribution in [3.05, 3.63) is 35.4 Å². The standard InChI is InChI=1S/C13H19N3OS/c1-10-6-4-5-7-12(10)8-14-16-13(18)15-11(2)9-17-3/h4-8,11H,9H2,1-3H3,(H2,15,16,18)/b14-8-/t11-/m1/s1. The van der Waals surface area contributed by atoms with Gasteiger partial charge in [0.2, 0.25) is 0 Å². The number of nitrogens with zero attached hydrogens (tertiary/aromatic N) is 1. The molecule has 18 heavy (non-hydrogen) atoms. The summed E-state index contributed by atoms with van der Waals surface area (Å²) in [5.41, 5.74) is 5.02. The number of aryl methyl sites for hydroxylation is 1. The van der Waals surface area contributed by atoms with E-state index < -0.39 is 0 Å². The van der Waals surface area contributed by atoms with Crippen molar-refractivity contribution in [3.63, 3.8) is 0 Å². The molecule has 98 valence electrons. The lowest BCUT2D eigenvalue weighted by Crippen LogP contribution is -2.40. The maximum absolute atomic E-state index is 5.10. The number of hydrogen-bond donors (Lipinski definition) is 2. The van der Waals surface area contributed by atoms with Crippen molar-refractivity contribution in [1.82, 2.24) is 10.7 Å². The van der Waals surface area contributed by atoms with E-state index in [0.717, 1.165) is 5.56 Å². The number of methoxy groups -OCH3 is 1. The van der Waals surface area contributed by atoms with E-state index in [1.54, 1.807) is 13.3 Å². The van der Waals surface area contributed by atoms with Crippen molar-refractivity contribution in [2.75, 3.05) is 13.7 Å². The first-order valence-corrected chi connectivity index (χ1v) is 6.18. The summed E-state index contributed by atoms with van der Waals surface area (Å²) in [6.07, 6.45) is 1.75. The quantitative estimate of drug-likeness (QED) is 0.484. The molecule has 0 bridgehead atoms. The minimum Gasteiger partial charge on any atom is -0.383 e. The molecule has 0 saturated heterocycles. The summed E-state index contributed by atoms with van der Waals surface area (Å²) in [7, 11) is 1.66. The molecule has 0 aromatic heterocycles. The third kappa shape index (κ3) is 5.25. The van der Waals surface area contributed by atoms with Gasteiger partial charge in [-0.1, -0.05) is 24.3 Å². The Bertz CT molecular complexity index is 420. The molecule has 2 N–H and O–H groups in total. The van der Waals surface area contributed by atoms with E-state index in [1.807, 2.05) is 38.1 Å². The summed E-state index contributed by atoms with van der Waals surface area (Å²) < 4.78 is 5.01. The summed E-state index contributed by atoms with van der Waals surface area (Å²) in [6.45, 7) is 4.63. The second-order valence-corrected chi connectivity index (χ2v) is 4.46. The lowest BCUT2D eigenvalue weighted by atomic mass is 10.1. The zero-order chi connectivity index (χ0) is 13.4. The molecule has 0 aliphatic heterocycles. The van der Waals surface area contributed by atoms with Gasteiger partial charge in [-0.3, -0.25) is 5.43 Å². The van der Waals surface area contributed by atoms with Crippen molar-refractivity contribution in [2.45, 2.75) is 19.9 Å². The topological polar surface area (TPSA) is 45.6 Å². The molecule has 1 aromatic rings. The van der Waals surface area contributed by atoms with Crippen LogP contribution in [0.5, 0.6) is 0 Å². The average Bonchev–Trinajstić information content (AvgIpc) is 2.31. The molecule has 1 aromatic carbocycles. The van der Waals surface area contributed by atoms with Crippen molar-refractivity contribution in [2.24, 2.45) is 5.10 Å². The highest BCUT2D eigenvalue weighted by atomic mass is 32.1. The third-order valence-corrected chi connectivity index (χ3v) is 2.56. The van der Waals surface area contributed by atoms with E-state index in [1.165, 1.54) is 5.56 Å². The van der Waals surface area contributed by atoms with Crippen molar-refractivity contribution < 1.29 is 4.74 Å². The van der Waals surface area contributed by atoms with Crippen LogP contribution < -0.4 is 10.7 Å². The van der Waals surface area contributed by atoms with Crippen LogP contribution in [-0.2, 0) is 4.74 Å². The average molecular weight is 265 g/mol. The van der Waals surface area contributed by atoms with Gasteiger partial charge >= 0.3 is 0 Å². The molecule has 0 unspecified atom stereocenters. The maximum atomic E-state index is 5.10. The summed E-state index contributed by atoms with van der Waals surface area (Å²) >= 11 is 5.10.